The molecule has 0 bridgehead atoms. The van der Waals surface area contributed by atoms with E-state index in [0.29, 0.717) is 17.0 Å². The van der Waals surface area contributed by atoms with E-state index in [1.165, 1.54) is 52.1 Å². The van der Waals surface area contributed by atoms with Gasteiger partial charge < -0.3 is 4.90 Å². The van der Waals surface area contributed by atoms with Crippen molar-refractivity contribution >= 4 is 11.8 Å². The summed E-state index contributed by atoms with van der Waals surface area (Å²) < 4.78 is 0. The molecule has 0 aromatic heterocycles. The van der Waals surface area contributed by atoms with E-state index in [0.717, 1.165) is 5.92 Å². The fourth-order valence-electron chi connectivity index (χ4n) is 4.04. The molecule has 2 atom stereocenters. The number of likely N-dealkylation sites (tertiary alicyclic amines) is 1. The van der Waals surface area contributed by atoms with Crippen LogP contribution in [-0.4, -0.2) is 77.2 Å². The minimum absolute atomic E-state index is 0.346. The summed E-state index contributed by atoms with van der Waals surface area (Å²) in [4.78, 5) is 8.05. The van der Waals surface area contributed by atoms with Crippen LogP contribution in [0.4, 0.5) is 0 Å². The van der Waals surface area contributed by atoms with E-state index in [4.69, 9.17) is 0 Å². The Morgan fingerprint density at radius 1 is 1.09 bits per heavy atom. The zero-order valence-corrected chi connectivity index (χ0v) is 16.5. The lowest BCUT2D eigenvalue weighted by molar-refractivity contribution is 0.0433. The smallest absolute Gasteiger partial charge is 0.0529 e. The predicted octanol–water partition coefficient (Wildman–Crippen LogP) is 3.21. The zero-order chi connectivity index (χ0) is 16.3. The summed E-state index contributed by atoms with van der Waals surface area (Å²) in [7, 11) is 0. The van der Waals surface area contributed by atoms with Gasteiger partial charge in [0.2, 0.25) is 0 Å². The SMILES string of the molecule is CSC(C)N1CCN(CC2CCN(C(C)(C)C)CC2)C[C@H]1C. The molecule has 3 nitrogen and oxygen atoms in total. The van der Waals surface area contributed by atoms with Gasteiger partial charge in [-0.1, -0.05) is 0 Å². The molecule has 0 amide bonds. The van der Waals surface area contributed by atoms with E-state index in [9.17, 15) is 0 Å². The van der Waals surface area contributed by atoms with Gasteiger partial charge in [-0.3, -0.25) is 9.80 Å². The molecule has 22 heavy (non-hydrogen) atoms. The highest BCUT2D eigenvalue weighted by Crippen LogP contribution is 2.26. The van der Waals surface area contributed by atoms with Crippen LogP contribution in [0.1, 0.15) is 47.5 Å². The normalized spacial score (nSPS) is 28.9. The van der Waals surface area contributed by atoms with Gasteiger partial charge >= 0.3 is 0 Å². The Bertz CT molecular complexity index is 334. The Kier molecular flexibility index (Phi) is 6.64. The van der Waals surface area contributed by atoms with Gasteiger partial charge in [-0.15, -0.1) is 11.8 Å². The average Bonchev–Trinajstić information content (AvgIpc) is 2.46. The molecule has 130 valence electrons. The van der Waals surface area contributed by atoms with Crippen molar-refractivity contribution in [3.63, 3.8) is 0 Å². The van der Waals surface area contributed by atoms with Crippen LogP contribution >= 0.6 is 11.8 Å². The van der Waals surface area contributed by atoms with Crippen LogP contribution in [0.25, 0.3) is 0 Å². The van der Waals surface area contributed by atoms with Crippen molar-refractivity contribution in [3.8, 4) is 0 Å². The second-order valence-corrected chi connectivity index (χ2v) is 9.44. The predicted molar refractivity (Wildman–Crippen MR) is 99.6 cm³/mol. The van der Waals surface area contributed by atoms with Crippen molar-refractivity contribution < 1.29 is 0 Å². The fraction of sp³-hybridized carbons (Fsp3) is 1.00. The molecule has 2 rings (SSSR count). The Morgan fingerprint density at radius 3 is 2.23 bits per heavy atom. The monoisotopic (exact) mass is 327 g/mol. The van der Waals surface area contributed by atoms with Crippen molar-refractivity contribution in [1.82, 2.24) is 14.7 Å². The van der Waals surface area contributed by atoms with Gasteiger partial charge in [0.25, 0.3) is 0 Å². The first-order chi connectivity index (χ1) is 10.3. The highest BCUT2D eigenvalue weighted by molar-refractivity contribution is 7.99. The molecule has 2 heterocycles. The summed E-state index contributed by atoms with van der Waals surface area (Å²) in [5, 5.41) is 0.659. The number of hydrogen-bond acceptors (Lipinski definition) is 4. The third-order valence-electron chi connectivity index (χ3n) is 5.65. The van der Waals surface area contributed by atoms with Crippen molar-refractivity contribution in [1.29, 1.82) is 0 Å². The summed E-state index contributed by atoms with van der Waals surface area (Å²) in [6, 6.07) is 0.700. The Labute approximate surface area is 142 Å². The number of piperidine rings is 1. The summed E-state index contributed by atoms with van der Waals surface area (Å²) in [5.74, 6) is 0.912. The Morgan fingerprint density at radius 2 is 1.73 bits per heavy atom. The van der Waals surface area contributed by atoms with Crippen LogP contribution < -0.4 is 0 Å². The molecule has 2 saturated heterocycles. The maximum atomic E-state index is 2.73. The standard InChI is InChI=1S/C18H37N3S/c1-15-13-19(11-12-21(15)16(2)22-6)14-17-7-9-20(10-8-17)18(3,4)5/h15-17H,7-14H2,1-6H3/t15-,16?/m1/s1. The van der Waals surface area contributed by atoms with Crippen LogP contribution in [-0.2, 0) is 0 Å². The first-order valence-electron chi connectivity index (χ1n) is 9.07. The molecule has 0 radical (unpaired) electrons. The quantitative estimate of drug-likeness (QED) is 0.784. The molecule has 0 aromatic rings. The number of thioether (sulfide) groups is 1. The van der Waals surface area contributed by atoms with E-state index in [1.54, 1.807) is 0 Å². The number of piperazine rings is 1. The average molecular weight is 328 g/mol. The van der Waals surface area contributed by atoms with Crippen molar-refractivity contribution in [2.45, 2.75) is 64.4 Å². The molecule has 1 unspecified atom stereocenters. The molecule has 2 aliphatic heterocycles. The van der Waals surface area contributed by atoms with Crippen LogP contribution in [0.5, 0.6) is 0 Å². The third-order valence-corrected chi connectivity index (χ3v) is 6.60. The molecule has 0 aromatic carbocycles. The minimum Gasteiger partial charge on any atom is -0.300 e. The molecule has 2 aliphatic rings. The summed E-state index contributed by atoms with van der Waals surface area (Å²) >= 11 is 1.98. The molecule has 0 N–H and O–H groups in total. The lowest BCUT2D eigenvalue weighted by Crippen LogP contribution is -2.55. The Balaban J connectivity index is 1.75. The van der Waals surface area contributed by atoms with E-state index < -0.39 is 0 Å². The fourth-order valence-corrected chi connectivity index (χ4v) is 4.62. The molecule has 0 aliphatic carbocycles. The number of rotatable bonds is 4. The number of nitrogens with zero attached hydrogens (tertiary/aromatic N) is 3. The molecule has 0 saturated carbocycles. The van der Waals surface area contributed by atoms with Crippen molar-refractivity contribution in [2.24, 2.45) is 5.92 Å². The van der Waals surface area contributed by atoms with Crippen LogP contribution in [0, 0.1) is 5.92 Å². The van der Waals surface area contributed by atoms with Crippen molar-refractivity contribution in [2.75, 3.05) is 45.5 Å². The highest BCUT2D eigenvalue weighted by atomic mass is 32.2. The third kappa shape index (κ3) is 4.86. The van der Waals surface area contributed by atoms with Gasteiger partial charge in [-0.05, 0) is 72.7 Å². The maximum absolute atomic E-state index is 2.73. The highest BCUT2D eigenvalue weighted by Gasteiger charge is 2.31. The zero-order valence-electron chi connectivity index (χ0n) is 15.6. The summed E-state index contributed by atoms with van der Waals surface area (Å²) in [6.45, 7) is 19.4. The van der Waals surface area contributed by atoms with Crippen molar-refractivity contribution in [3.05, 3.63) is 0 Å². The minimum atomic E-state index is 0.346. The molecular formula is C18H37N3S. The van der Waals surface area contributed by atoms with Gasteiger partial charge in [0.1, 0.15) is 0 Å². The number of hydrogen-bond donors (Lipinski definition) is 0. The van der Waals surface area contributed by atoms with E-state index in [-0.39, 0.29) is 0 Å². The second-order valence-electron chi connectivity index (χ2n) is 8.28. The maximum Gasteiger partial charge on any atom is 0.0529 e. The lowest BCUT2D eigenvalue weighted by Gasteiger charge is -2.45. The molecule has 4 heteroatoms. The Hall–Kier alpha value is 0.230. The second kappa shape index (κ2) is 7.87. The molecular weight excluding hydrogens is 290 g/mol. The van der Waals surface area contributed by atoms with Gasteiger partial charge in [0.05, 0.1) is 5.37 Å². The topological polar surface area (TPSA) is 9.72 Å². The van der Waals surface area contributed by atoms with E-state index >= 15 is 0 Å². The van der Waals surface area contributed by atoms with Gasteiger partial charge in [-0.2, -0.15) is 0 Å². The molecule has 2 fully saturated rings. The van der Waals surface area contributed by atoms with Crippen LogP contribution in [0.15, 0.2) is 0 Å². The van der Waals surface area contributed by atoms with Gasteiger partial charge in [-0.25, -0.2) is 0 Å². The first kappa shape index (κ1) is 18.6. The summed E-state index contributed by atoms with van der Waals surface area (Å²) in [6.07, 6.45) is 4.99. The first-order valence-corrected chi connectivity index (χ1v) is 10.4. The van der Waals surface area contributed by atoms with Gasteiger partial charge in [0.15, 0.2) is 0 Å². The van der Waals surface area contributed by atoms with E-state index in [1.807, 2.05) is 11.8 Å². The largest absolute Gasteiger partial charge is 0.300 e. The lowest BCUT2D eigenvalue weighted by atomic mass is 9.92. The molecule has 0 spiro atoms. The summed E-state index contributed by atoms with van der Waals surface area (Å²) in [5.41, 5.74) is 0.346. The van der Waals surface area contributed by atoms with Crippen LogP contribution in [0.2, 0.25) is 0 Å². The van der Waals surface area contributed by atoms with E-state index in [2.05, 4.69) is 55.6 Å². The van der Waals surface area contributed by atoms with Gasteiger partial charge in [0, 0.05) is 37.8 Å². The van der Waals surface area contributed by atoms with Crippen LogP contribution in [0.3, 0.4) is 0 Å².